The van der Waals surface area contributed by atoms with Gasteiger partial charge in [-0.2, -0.15) is 0 Å². The van der Waals surface area contributed by atoms with Crippen molar-refractivity contribution in [3.05, 3.63) is 36.0 Å². The van der Waals surface area contributed by atoms with Gasteiger partial charge in [0.2, 0.25) is 11.8 Å². The van der Waals surface area contributed by atoms with Crippen LogP contribution in [-0.2, 0) is 14.4 Å². The standard InChI is InChI=1S/C22H26N4O5/c27-12-19(28)16(11-14-7-8-23-20(14)29)25-21(30)18-6-3-9-26(18)22(31)17-10-13-4-1-2-5-15(13)24-17/h1-2,4-5,10,14,16,18,24,27H,3,6-9,11-12H2,(H,23,29)(H,25,30)/t14-,16-,18-/m0/s1. The molecule has 3 heterocycles. The van der Waals surface area contributed by atoms with Crippen molar-refractivity contribution >= 4 is 34.4 Å². The lowest BCUT2D eigenvalue weighted by Gasteiger charge is -2.26. The molecule has 1 aromatic heterocycles. The van der Waals surface area contributed by atoms with Gasteiger partial charge in [-0.05, 0) is 37.8 Å². The number of fused-ring (bicyclic) bond motifs is 1. The highest BCUT2D eigenvalue weighted by Gasteiger charge is 2.38. The Morgan fingerprint density at radius 3 is 2.74 bits per heavy atom. The number of nitrogens with zero attached hydrogens (tertiary/aromatic N) is 1. The number of aromatic amines is 1. The van der Waals surface area contributed by atoms with Crippen molar-refractivity contribution in [2.75, 3.05) is 19.7 Å². The molecule has 0 aliphatic carbocycles. The normalized spacial score (nSPS) is 21.8. The Morgan fingerprint density at radius 2 is 2.03 bits per heavy atom. The molecule has 2 aliphatic rings. The fourth-order valence-electron chi connectivity index (χ4n) is 4.43. The fourth-order valence-corrected chi connectivity index (χ4v) is 4.43. The third-order valence-electron chi connectivity index (χ3n) is 6.12. The number of hydrogen-bond acceptors (Lipinski definition) is 5. The number of carbonyl (C=O) groups is 4. The van der Waals surface area contributed by atoms with E-state index in [4.69, 9.17) is 0 Å². The van der Waals surface area contributed by atoms with E-state index in [2.05, 4.69) is 15.6 Å². The van der Waals surface area contributed by atoms with Gasteiger partial charge in [-0.25, -0.2) is 0 Å². The minimum absolute atomic E-state index is 0.139. The molecule has 0 radical (unpaired) electrons. The van der Waals surface area contributed by atoms with Crippen LogP contribution in [0, 0.1) is 5.92 Å². The van der Waals surface area contributed by atoms with Gasteiger partial charge in [0.05, 0.1) is 6.04 Å². The van der Waals surface area contributed by atoms with Gasteiger partial charge in [0.15, 0.2) is 5.78 Å². The molecule has 2 aliphatic heterocycles. The van der Waals surface area contributed by atoms with Gasteiger partial charge in [-0.15, -0.1) is 0 Å². The molecule has 9 heteroatoms. The molecular weight excluding hydrogens is 400 g/mol. The lowest BCUT2D eigenvalue weighted by atomic mass is 9.95. The van der Waals surface area contributed by atoms with Crippen LogP contribution in [0.2, 0.25) is 0 Å². The van der Waals surface area contributed by atoms with Crippen molar-refractivity contribution in [1.82, 2.24) is 20.5 Å². The molecule has 3 amide bonds. The summed E-state index contributed by atoms with van der Waals surface area (Å²) in [5, 5.41) is 15.6. The van der Waals surface area contributed by atoms with E-state index in [0.717, 1.165) is 10.9 Å². The second kappa shape index (κ2) is 8.89. The van der Waals surface area contributed by atoms with Crippen molar-refractivity contribution < 1.29 is 24.3 Å². The van der Waals surface area contributed by atoms with E-state index in [1.54, 1.807) is 6.07 Å². The molecule has 1 aromatic carbocycles. The highest BCUT2D eigenvalue weighted by Crippen LogP contribution is 2.23. The first-order valence-electron chi connectivity index (χ1n) is 10.6. The summed E-state index contributed by atoms with van der Waals surface area (Å²) in [6, 6.07) is 7.65. The molecule has 2 aromatic rings. The number of nitrogens with one attached hydrogen (secondary N) is 3. The minimum atomic E-state index is -0.961. The van der Waals surface area contributed by atoms with Crippen LogP contribution in [0.15, 0.2) is 30.3 Å². The number of Topliss-reactive ketones (excluding diaryl/α,β-unsaturated/α-hetero) is 1. The molecule has 4 rings (SSSR count). The molecule has 164 valence electrons. The van der Waals surface area contributed by atoms with E-state index in [9.17, 15) is 24.3 Å². The maximum Gasteiger partial charge on any atom is 0.270 e. The molecular formula is C22H26N4O5. The number of para-hydroxylation sites is 1. The van der Waals surface area contributed by atoms with Crippen molar-refractivity contribution in [3.8, 4) is 0 Å². The van der Waals surface area contributed by atoms with Gasteiger partial charge in [-0.3, -0.25) is 19.2 Å². The molecule has 0 spiro atoms. The van der Waals surface area contributed by atoms with Crippen LogP contribution in [-0.4, -0.2) is 70.3 Å². The predicted molar refractivity (Wildman–Crippen MR) is 112 cm³/mol. The van der Waals surface area contributed by atoms with Gasteiger partial charge in [-0.1, -0.05) is 18.2 Å². The highest BCUT2D eigenvalue weighted by molar-refractivity contribution is 6.01. The zero-order valence-corrected chi connectivity index (χ0v) is 17.1. The summed E-state index contributed by atoms with van der Waals surface area (Å²) in [7, 11) is 0. The smallest absolute Gasteiger partial charge is 0.270 e. The summed E-state index contributed by atoms with van der Waals surface area (Å²) in [5.41, 5.74) is 1.25. The Kier molecular flexibility index (Phi) is 6.03. The third-order valence-corrected chi connectivity index (χ3v) is 6.12. The monoisotopic (exact) mass is 426 g/mol. The minimum Gasteiger partial charge on any atom is -0.389 e. The number of aliphatic hydroxyl groups is 1. The predicted octanol–water partition coefficient (Wildman–Crippen LogP) is 0.345. The largest absolute Gasteiger partial charge is 0.389 e. The van der Waals surface area contributed by atoms with E-state index >= 15 is 0 Å². The summed E-state index contributed by atoms with van der Waals surface area (Å²) in [4.78, 5) is 54.8. The molecule has 31 heavy (non-hydrogen) atoms. The molecule has 9 nitrogen and oxygen atoms in total. The maximum atomic E-state index is 13.1. The molecule has 0 saturated carbocycles. The SMILES string of the molecule is O=C1NCC[C@H]1C[C@H](NC(=O)[C@@H]1CCCN1C(=O)c1cc2ccccc2[nH]1)C(=O)CO. The van der Waals surface area contributed by atoms with Gasteiger partial charge >= 0.3 is 0 Å². The van der Waals surface area contributed by atoms with E-state index in [-0.39, 0.29) is 24.2 Å². The Hall–Kier alpha value is -3.20. The van der Waals surface area contributed by atoms with E-state index < -0.39 is 30.4 Å². The van der Waals surface area contributed by atoms with E-state index in [1.165, 1.54) is 4.90 Å². The molecule has 2 fully saturated rings. The lowest BCUT2D eigenvalue weighted by molar-refractivity contribution is -0.132. The Bertz CT molecular complexity index is 983. The van der Waals surface area contributed by atoms with Crippen molar-refractivity contribution in [2.45, 2.75) is 37.8 Å². The second-order valence-electron chi connectivity index (χ2n) is 8.12. The first-order valence-corrected chi connectivity index (χ1v) is 10.6. The van der Waals surface area contributed by atoms with Gasteiger partial charge in [0.25, 0.3) is 5.91 Å². The average molecular weight is 426 g/mol. The van der Waals surface area contributed by atoms with Crippen LogP contribution in [0.3, 0.4) is 0 Å². The number of ketones is 1. The zero-order valence-electron chi connectivity index (χ0n) is 17.1. The number of hydrogen-bond donors (Lipinski definition) is 4. The Labute approximate surface area is 179 Å². The third kappa shape index (κ3) is 4.32. The zero-order chi connectivity index (χ0) is 22.0. The number of rotatable bonds is 7. The summed E-state index contributed by atoms with van der Waals surface area (Å²) in [6.45, 7) is 0.254. The van der Waals surface area contributed by atoms with Crippen LogP contribution in [0.5, 0.6) is 0 Å². The number of H-pyrrole nitrogens is 1. The number of carbonyl (C=O) groups excluding carboxylic acids is 4. The average Bonchev–Trinajstić information content (AvgIpc) is 3.51. The molecule has 2 saturated heterocycles. The number of amides is 3. The number of aromatic nitrogens is 1. The van der Waals surface area contributed by atoms with Gasteiger partial charge in [0.1, 0.15) is 18.3 Å². The van der Waals surface area contributed by atoms with Gasteiger partial charge in [0, 0.05) is 29.9 Å². The topological polar surface area (TPSA) is 132 Å². The fraction of sp³-hybridized carbons (Fsp3) is 0.455. The quantitative estimate of drug-likeness (QED) is 0.507. The summed E-state index contributed by atoms with van der Waals surface area (Å²) >= 11 is 0. The van der Waals surface area contributed by atoms with Crippen molar-refractivity contribution in [3.63, 3.8) is 0 Å². The molecule has 3 atom stereocenters. The van der Waals surface area contributed by atoms with E-state index in [0.29, 0.717) is 38.0 Å². The van der Waals surface area contributed by atoms with E-state index in [1.807, 2.05) is 24.3 Å². The van der Waals surface area contributed by atoms with Crippen LogP contribution in [0.4, 0.5) is 0 Å². The number of likely N-dealkylation sites (tertiary alicyclic amines) is 1. The molecule has 0 unspecified atom stereocenters. The first-order chi connectivity index (χ1) is 15.0. The Morgan fingerprint density at radius 1 is 1.23 bits per heavy atom. The van der Waals surface area contributed by atoms with Crippen molar-refractivity contribution in [1.29, 1.82) is 0 Å². The van der Waals surface area contributed by atoms with Crippen LogP contribution in [0.25, 0.3) is 10.9 Å². The maximum absolute atomic E-state index is 13.1. The first kappa shape index (κ1) is 21.0. The van der Waals surface area contributed by atoms with Crippen LogP contribution in [0.1, 0.15) is 36.2 Å². The Balaban J connectivity index is 1.47. The number of benzene rings is 1. The van der Waals surface area contributed by atoms with Crippen molar-refractivity contribution in [2.24, 2.45) is 5.92 Å². The molecule has 0 bridgehead atoms. The lowest BCUT2D eigenvalue weighted by Crippen LogP contribution is -2.52. The van der Waals surface area contributed by atoms with Crippen LogP contribution >= 0.6 is 0 Å². The summed E-state index contributed by atoms with van der Waals surface area (Å²) in [5.74, 6) is -1.78. The highest BCUT2D eigenvalue weighted by atomic mass is 16.3. The number of aliphatic hydroxyl groups excluding tert-OH is 1. The van der Waals surface area contributed by atoms with Gasteiger partial charge < -0.3 is 25.6 Å². The molecule has 4 N–H and O–H groups in total. The van der Waals surface area contributed by atoms with Crippen LogP contribution < -0.4 is 10.6 Å². The summed E-state index contributed by atoms with van der Waals surface area (Å²) in [6.07, 6.45) is 1.88. The second-order valence-corrected chi connectivity index (χ2v) is 8.12. The summed E-state index contributed by atoms with van der Waals surface area (Å²) < 4.78 is 0.